The molecule has 7 heteroatoms. The molecule has 0 fully saturated rings. The Morgan fingerprint density at radius 1 is 1.07 bits per heavy atom. The van der Waals surface area contributed by atoms with Gasteiger partial charge in [-0.3, -0.25) is 9.59 Å². The molecular formula is C20H23ClN2O4. The Hall–Kier alpha value is -2.73. The average Bonchev–Trinajstić information content (AvgIpc) is 2.64. The highest BCUT2D eigenvalue weighted by molar-refractivity contribution is 6.31. The predicted molar refractivity (Wildman–Crippen MR) is 107 cm³/mol. The number of methoxy groups -OCH3 is 2. The Kier molecular flexibility index (Phi) is 7.07. The van der Waals surface area contributed by atoms with E-state index < -0.39 is 0 Å². The van der Waals surface area contributed by atoms with Crippen molar-refractivity contribution in [2.75, 3.05) is 31.0 Å². The maximum absolute atomic E-state index is 12.3. The first-order valence-electron chi connectivity index (χ1n) is 8.42. The first kappa shape index (κ1) is 20.6. The van der Waals surface area contributed by atoms with Crippen molar-refractivity contribution in [3.63, 3.8) is 0 Å². The van der Waals surface area contributed by atoms with Crippen LogP contribution in [0.1, 0.15) is 18.9 Å². The van der Waals surface area contributed by atoms with Crippen molar-refractivity contribution in [2.45, 2.75) is 20.3 Å². The van der Waals surface area contributed by atoms with Crippen LogP contribution in [0.15, 0.2) is 36.4 Å². The van der Waals surface area contributed by atoms with Crippen molar-refractivity contribution in [1.82, 2.24) is 0 Å². The number of carbonyl (C=O) groups is 2. The molecule has 0 heterocycles. The normalized spacial score (nSPS) is 10.3. The van der Waals surface area contributed by atoms with E-state index in [1.807, 2.05) is 13.0 Å². The first-order chi connectivity index (χ1) is 12.8. The minimum atomic E-state index is -0.202. The number of halogens is 1. The van der Waals surface area contributed by atoms with Crippen LogP contribution in [0.5, 0.6) is 11.5 Å². The molecule has 2 rings (SSSR count). The molecule has 0 aliphatic carbocycles. The fourth-order valence-corrected chi connectivity index (χ4v) is 2.79. The van der Waals surface area contributed by atoms with Crippen LogP contribution in [0.4, 0.5) is 11.4 Å². The second-order valence-electron chi connectivity index (χ2n) is 5.97. The summed E-state index contributed by atoms with van der Waals surface area (Å²) >= 11 is 5.98. The molecule has 0 aliphatic heterocycles. The molecule has 1 N–H and O–H groups in total. The van der Waals surface area contributed by atoms with E-state index in [1.165, 1.54) is 18.9 Å². The maximum atomic E-state index is 12.3. The van der Waals surface area contributed by atoms with Gasteiger partial charge in [0.25, 0.3) is 0 Å². The van der Waals surface area contributed by atoms with Gasteiger partial charge in [-0.05, 0) is 36.8 Å². The zero-order valence-corrected chi connectivity index (χ0v) is 16.6. The van der Waals surface area contributed by atoms with Crippen molar-refractivity contribution in [2.24, 2.45) is 0 Å². The van der Waals surface area contributed by atoms with Crippen LogP contribution in [-0.4, -0.2) is 32.6 Å². The van der Waals surface area contributed by atoms with Crippen molar-refractivity contribution >= 4 is 34.8 Å². The van der Waals surface area contributed by atoms with Gasteiger partial charge >= 0.3 is 0 Å². The molecule has 0 radical (unpaired) electrons. The standard InChI is InChI=1S/C20H23ClN2O4/c1-13-5-6-15(21)11-17(13)22-20(25)9-10-23(14(2)24)16-7-8-18(26-3)19(12-16)27-4/h5-8,11-12H,9-10H2,1-4H3,(H,22,25). The number of hydrogen-bond acceptors (Lipinski definition) is 4. The van der Waals surface area contributed by atoms with Gasteiger partial charge in [-0.1, -0.05) is 17.7 Å². The van der Waals surface area contributed by atoms with Gasteiger partial charge < -0.3 is 19.7 Å². The zero-order chi connectivity index (χ0) is 20.0. The topological polar surface area (TPSA) is 67.9 Å². The minimum absolute atomic E-state index is 0.139. The van der Waals surface area contributed by atoms with E-state index in [4.69, 9.17) is 21.1 Å². The fraction of sp³-hybridized carbons (Fsp3) is 0.300. The number of aryl methyl sites for hydroxylation is 1. The monoisotopic (exact) mass is 390 g/mol. The molecule has 2 aromatic carbocycles. The van der Waals surface area contributed by atoms with Crippen LogP contribution in [0, 0.1) is 6.92 Å². The summed E-state index contributed by atoms with van der Waals surface area (Å²) in [6, 6.07) is 10.5. The molecule has 0 atom stereocenters. The number of carbonyl (C=O) groups excluding carboxylic acids is 2. The zero-order valence-electron chi connectivity index (χ0n) is 15.8. The average molecular weight is 391 g/mol. The summed E-state index contributed by atoms with van der Waals surface area (Å²) in [7, 11) is 3.07. The molecular weight excluding hydrogens is 368 g/mol. The van der Waals surface area contributed by atoms with Gasteiger partial charge in [0.2, 0.25) is 11.8 Å². The Morgan fingerprint density at radius 2 is 1.78 bits per heavy atom. The molecule has 27 heavy (non-hydrogen) atoms. The molecule has 2 amide bonds. The fourth-order valence-electron chi connectivity index (χ4n) is 2.62. The number of amides is 2. The number of hydrogen-bond donors (Lipinski definition) is 1. The van der Waals surface area contributed by atoms with Gasteiger partial charge in [0.15, 0.2) is 11.5 Å². The third kappa shape index (κ3) is 5.37. The van der Waals surface area contributed by atoms with E-state index in [0.29, 0.717) is 27.9 Å². The van der Waals surface area contributed by atoms with Gasteiger partial charge in [-0.25, -0.2) is 0 Å². The van der Waals surface area contributed by atoms with Crippen LogP contribution in [0.3, 0.4) is 0 Å². The third-order valence-corrected chi connectivity index (χ3v) is 4.33. The van der Waals surface area contributed by atoms with Crippen molar-refractivity contribution in [3.8, 4) is 11.5 Å². The highest BCUT2D eigenvalue weighted by Crippen LogP contribution is 2.31. The third-order valence-electron chi connectivity index (χ3n) is 4.10. The lowest BCUT2D eigenvalue weighted by molar-refractivity contribution is -0.117. The molecule has 0 saturated heterocycles. The maximum Gasteiger partial charge on any atom is 0.226 e. The van der Waals surface area contributed by atoms with Crippen LogP contribution >= 0.6 is 11.6 Å². The summed E-state index contributed by atoms with van der Waals surface area (Å²) in [6.07, 6.45) is 0.139. The van der Waals surface area contributed by atoms with E-state index in [0.717, 1.165) is 5.56 Å². The molecule has 0 bridgehead atoms. The van der Waals surface area contributed by atoms with Crippen molar-refractivity contribution in [1.29, 1.82) is 0 Å². The predicted octanol–water partition coefficient (Wildman–Crippen LogP) is 4.05. The Bertz CT molecular complexity index is 839. The van der Waals surface area contributed by atoms with Gasteiger partial charge in [-0.2, -0.15) is 0 Å². The summed E-state index contributed by atoms with van der Waals surface area (Å²) in [5.74, 6) is 0.709. The summed E-state index contributed by atoms with van der Waals surface area (Å²) in [6.45, 7) is 3.57. The van der Waals surface area contributed by atoms with Gasteiger partial charge in [-0.15, -0.1) is 0 Å². The van der Waals surface area contributed by atoms with Gasteiger partial charge in [0.1, 0.15) is 0 Å². The van der Waals surface area contributed by atoms with Crippen LogP contribution in [0.25, 0.3) is 0 Å². The molecule has 0 aliphatic rings. The van der Waals surface area contributed by atoms with Gasteiger partial charge in [0.05, 0.1) is 14.2 Å². The molecule has 6 nitrogen and oxygen atoms in total. The number of benzene rings is 2. The molecule has 0 aromatic heterocycles. The van der Waals surface area contributed by atoms with E-state index >= 15 is 0 Å². The highest BCUT2D eigenvalue weighted by Gasteiger charge is 2.16. The number of nitrogens with one attached hydrogen (secondary N) is 1. The number of nitrogens with zero attached hydrogens (tertiary/aromatic N) is 1. The summed E-state index contributed by atoms with van der Waals surface area (Å²) in [5.41, 5.74) is 2.20. The molecule has 144 valence electrons. The lowest BCUT2D eigenvalue weighted by Crippen LogP contribution is -2.32. The molecule has 0 spiro atoms. The van der Waals surface area contributed by atoms with Crippen LogP contribution in [-0.2, 0) is 9.59 Å². The summed E-state index contributed by atoms with van der Waals surface area (Å²) in [4.78, 5) is 25.9. The first-order valence-corrected chi connectivity index (χ1v) is 8.79. The second kappa shape index (κ2) is 9.28. The highest BCUT2D eigenvalue weighted by atomic mass is 35.5. The number of rotatable bonds is 7. The van der Waals surface area contributed by atoms with Crippen LogP contribution < -0.4 is 19.7 Å². The minimum Gasteiger partial charge on any atom is -0.493 e. The number of ether oxygens (including phenoxy) is 2. The van der Waals surface area contributed by atoms with Crippen molar-refractivity contribution < 1.29 is 19.1 Å². The smallest absolute Gasteiger partial charge is 0.226 e. The van der Waals surface area contributed by atoms with E-state index in [9.17, 15) is 9.59 Å². The number of anilines is 2. The summed E-state index contributed by atoms with van der Waals surface area (Å²) < 4.78 is 10.5. The Morgan fingerprint density at radius 3 is 2.41 bits per heavy atom. The lowest BCUT2D eigenvalue weighted by Gasteiger charge is -2.22. The lowest BCUT2D eigenvalue weighted by atomic mass is 10.2. The Balaban J connectivity index is 2.09. The second-order valence-corrected chi connectivity index (χ2v) is 6.40. The SMILES string of the molecule is COc1ccc(N(CCC(=O)Nc2cc(Cl)ccc2C)C(C)=O)cc1OC. The van der Waals surface area contributed by atoms with E-state index in [-0.39, 0.29) is 24.8 Å². The van der Waals surface area contributed by atoms with Crippen LogP contribution in [0.2, 0.25) is 5.02 Å². The molecule has 2 aromatic rings. The Labute approximate surface area is 164 Å². The van der Waals surface area contributed by atoms with Crippen molar-refractivity contribution in [3.05, 3.63) is 47.0 Å². The largest absolute Gasteiger partial charge is 0.493 e. The van der Waals surface area contributed by atoms with E-state index in [2.05, 4.69) is 5.32 Å². The summed E-state index contributed by atoms with van der Waals surface area (Å²) in [5, 5.41) is 3.38. The molecule has 0 unspecified atom stereocenters. The van der Waals surface area contributed by atoms with Gasteiger partial charge in [0, 0.05) is 42.4 Å². The quantitative estimate of drug-likeness (QED) is 0.774. The van der Waals surface area contributed by atoms with E-state index in [1.54, 1.807) is 37.4 Å². The molecule has 0 saturated carbocycles.